The Labute approximate surface area is 134 Å². The van der Waals surface area contributed by atoms with Crippen LogP contribution in [0.1, 0.15) is 25.6 Å². The van der Waals surface area contributed by atoms with Crippen LogP contribution in [0.15, 0.2) is 12.4 Å². The molecule has 1 atom stereocenters. The number of likely N-dealkylation sites (tertiary alicyclic amines) is 1. The second-order valence-corrected chi connectivity index (χ2v) is 6.31. The van der Waals surface area contributed by atoms with Crippen LogP contribution >= 0.6 is 0 Å². The van der Waals surface area contributed by atoms with Crippen molar-refractivity contribution in [3.05, 3.63) is 18.2 Å². The number of aliphatic hydroxyl groups is 1. The molecule has 0 radical (unpaired) electrons. The summed E-state index contributed by atoms with van der Waals surface area (Å²) in [5, 5.41) is 12.6. The standard InChI is InChI=1S/C15H25F3N4O/c1-12(23)10-21-5-2-13(3-6-21)8-19-9-14-20-4-7-22(14)11-15(16,17)18/h4,7,12-13,19,23H,2-3,5-6,8-11H2,1H3/t12-/m0/s1. The number of hydrogen-bond acceptors (Lipinski definition) is 4. The van der Waals surface area contributed by atoms with Gasteiger partial charge in [-0.1, -0.05) is 0 Å². The first-order valence-corrected chi connectivity index (χ1v) is 8.01. The average molecular weight is 334 g/mol. The molecule has 2 rings (SSSR count). The van der Waals surface area contributed by atoms with Gasteiger partial charge in [0.1, 0.15) is 12.4 Å². The lowest BCUT2D eigenvalue weighted by atomic mass is 9.96. The molecular weight excluding hydrogens is 309 g/mol. The molecule has 5 nitrogen and oxygen atoms in total. The van der Waals surface area contributed by atoms with Crippen LogP contribution in [0.4, 0.5) is 13.2 Å². The molecule has 1 aromatic rings. The van der Waals surface area contributed by atoms with E-state index in [0.717, 1.165) is 37.0 Å². The van der Waals surface area contributed by atoms with E-state index in [1.807, 2.05) is 0 Å². The number of piperidine rings is 1. The van der Waals surface area contributed by atoms with Crippen molar-refractivity contribution in [1.29, 1.82) is 0 Å². The minimum Gasteiger partial charge on any atom is -0.392 e. The molecule has 1 aromatic heterocycles. The Morgan fingerprint density at radius 3 is 2.70 bits per heavy atom. The number of nitrogens with zero attached hydrogens (tertiary/aromatic N) is 3. The van der Waals surface area contributed by atoms with E-state index in [2.05, 4.69) is 15.2 Å². The van der Waals surface area contributed by atoms with Gasteiger partial charge in [0.25, 0.3) is 0 Å². The predicted molar refractivity (Wildman–Crippen MR) is 80.8 cm³/mol. The average Bonchev–Trinajstić information content (AvgIpc) is 2.85. The lowest BCUT2D eigenvalue weighted by molar-refractivity contribution is -0.141. The third-order valence-corrected chi connectivity index (χ3v) is 4.10. The molecule has 0 aromatic carbocycles. The van der Waals surface area contributed by atoms with Gasteiger partial charge in [0, 0.05) is 18.9 Å². The topological polar surface area (TPSA) is 53.3 Å². The zero-order chi connectivity index (χ0) is 16.9. The van der Waals surface area contributed by atoms with E-state index in [-0.39, 0.29) is 6.10 Å². The molecule has 0 unspecified atom stereocenters. The minimum atomic E-state index is -4.23. The number of imidazole rings is 1. The van der Waals surface area contributed by atoms with Crippen LogP contribution in [-0.2, 0) is 13.1 Å². The van der Waals surface area contributed by atoms with Gasteiger partial charge >= 0.3 is 6.18 Å². The van der Waals surface area contributed by atoms with E-state index in [1.54, 1.807) is 6.92 Å². The zero-order valence-corrected chi connectivity index (χ0v) is 13.4. The highest BCUT2D eigenvalue weighted by Gasteiger charge is 2.28. The SMILES string of the molecule is C[C@H](O)CN1CCC(CNCc2nccn2CC(F)(F)F)CC1. The van der Waals surface area contributed by atoms with Crippen molar-refractivity contribution in [1.82, 2.24) is 19.8 Å². The number of hydrogen-bond donors (Lipinski definition) is 2. The van der Waals surface area contributed by atoms with E-state index in [1.165, 1.54) is 12.4 Å². The first-order chi connectivity index (χ1) is 10.8. The number of halogens is 3. The number of nitrogens with one attached hydrogen (secondary N) is 1. The first kappa shape index (κ1) is 18.2. The molecule has 1 fully saturated rings. The van der Waals surface area contributed by atoms with Gasteiger partial charge in [-0.15, -0.1) is 0 Å². The molecule has 8 heteroatoms. The second kappa shape index (κ2) is 8.12. The van der Waals surface area contributed by atoms with Gasteiger partial charge in [-0.2, -0.15) is 13.2 Å². The summed E-state index contributed by atoms with van der Waals surface area (Å²) in [7, 11) is 0. The number of aromatic nitrogens is 2. The smallest absolute Gasteiger partial charge is 0.392 e. The summed E-state index contributed by atoms with van der Waals surface area (Å²) in [6.45, 7) is 4.53. The Morgan fingerprint density at radius 1 is 1.39 bits per heavy atom. The minimum absolute atomic E-state index is 0.308. The second-order valence-electron chi connectivity index (χ2n) is 6.31. The quantitative estimate of drug-likeness (QED) is 0.796. The Bertz CT molecular complexity index is 468. The summed E-state index contributed by atoms with van der Waals surface area (Å²) in [4.78, 5) is 6.24. The third-order valence-electron chi connectivity index (χ3n) is 4.10. The lowest BCUT2D eigenvalue weighted by Gasteiger charge is -2.32. The lowest BCUT2D eigenvalue weighted by Crippen LogP contribution is -2.40. The van der Waals surface area contributed by atoms with Crippen LogP contribution in [0.3, 0.4) is 0 Å². The molecule has 1 aliphatic heterocycles. The van der Waals surface area contributed by atoms with Crippen molar-refractivity contribution in [2.75, 3.05) is 26.2 Å². The van der Waals surface area contributed by atoms with Crippen LogP contribution < -0.4 is 5.32 Å². The summed E-state index contributed by atoms with van der Waals surface area (Å²) < 4.78 is 38.5. The zero-order valence-electron chi connectivity index (χ0n) is 13.4. The maximum Gasteiger partial charge on any atom is 0.406 e. The van der Waals surface area contributed by atoms with Crippen LogP contribution in [0.25, 0.3) is 0 Å². The van der Waals surface area contributed by atoms with Gasteiger partial charge in [0.2, 0.25) is 0 Å². The van der Waals surface area contributed by atoms with Gasteiger partial charge in [-0.25, -0.2) is 4.98 Å². The highest BCUT2D eigenvalue weighted by molar-refractivity contribution is 4.93. The molecule has 23 heavy (non-hydrogen) atoms. The molecule has 0 bridgehead atoms. The molecule has 0 aliphatic carbocycles. The van der Waals surface area contributed by atoms with Crippen molar-refractivity contribution < 1.29 is 18.3 Å². The van der Waals surface area contributed by atoms with Crippen LogP contribution in [0.2, 0.25) is 0 Å². The molecule has 0 spiro atoms. The first-order valence-electron chi connectivity index (χ1n) is 8.01. The van der Waals surface area contributed by atoms with Crippen molar-refractivity contribution in [3.8, 4) is 0 Å². The summed E-state index contributed by atoms with van der Waals surface area (Å²) >= 11 is 0. The highest BCUT2D eigenvalue weighted by Crippen LogP contribution is 2.19. The number of β-amino-alcohol motifs (C(OH)–C–C–N with tert-alkyl or cyclic N) is 1. The van der Waals surface area contributed by atoms with Crippen molar-refractivity contribution in [3.63, 3.8) is 0 Å². The van der Waals surface area contributed by atoms with Gasteiger partial charge in [0.05, 0.1) is 12.6 Å². The van der Waals surface area contributed by atoms with E-state index < -0.39 is 12.7 Å². The number of alkyl halides is 3. The molecule has 132 valence electrons. The van der Waals surface area contributed by atoms with Gasteiger partial charge in [0.15, 0.2) is 0 Å². The van der Waals surface area contributed by atoms with E-state index >= 15 is 0 Å². The molecular formula is C15H25F3N4O. The fourth-order valence-corrected chi connectivity index (χ4v) is 2.98. The number of aliphatic hydroxyl groups excluding tert-OH is 1. The van der Waals surface area contributed by atoms with Crippen LogP contribution in [0.5, 0.6) is 0 Å². The molecule has 2 heterocycles. The predicted octanol–water partition coefficient (Wildman–Crippen LogP) is 1.63. The van der Waals surface area contributed by atoms with E-state index in [9.17, 15) is 18.3 Å². The molecule has 1 aliphatic rings. The largest absolute Gasteiger partial charge is 0.406 e. The Morgan fingerprint density at radius 2 is 2.09 bits per heavy atom. The summed E-state index contributed by atoms with van der Waals surface area (Å²) in [5.74, 6) is 0.931. The van der Waals surface area contributed by atoms with Gasteiger partial charge < -0.3 is 19.9 Å². The highest BCUT2D eigenvalue weighted by atomic mass is 19.4. The third kappa shape index (κ3) is 6.48. The van der Waals surface area contributed by atoms with E-state index in [4.69, 9.17) is 0 Å². The molecule has 0 saturated carbocycles. The molecule has 2 N–H and O–H groups in total. The van der Waals surface area contributed by atoms with Gasteiger partial charge in [-0.05, 0) is 45.3 Å². The van der Waals surface area contributed by atoms with Crippen LogP contribution in [-0.4, -0.2) is 58.0 Å². The fourth-order valence-electron chi connectivity index (χ4n) is 2.98. The summed E-state index contributed by atoms with van der Waals surface area (Å²) in [6, 6.07) is 0. The van der Waals surface area contributed by atoms with E-state index in [0.29, 0.717) is 24.8 Å². The normalized spacial score (nSPS) is 19.2. The van der Waals surface area contributed by atoms with Gasteiger partial charge in [-0.3, -0.25) is 0 Å². The molecule has 0 amide bonds. The Balaban J connectivity index is 1.69. The molecule has 1 saturated heterocycles. The fraction of sp³-hybridized carbons (Fsp3) is 0.800. The monoisotopic (exact) mass is 334 g/mol. The number of rotatable bonds is 7. The van der Waals surface area contributed by atoms with Crippen LogP contribution in [0, 0.1) is 5.92 Å². The van der Waals surface area contributed by atoms with Crippen molar-refractivity contribution in [2.45, 2.75) is 45.1 Å². The van der Waals surface area contributed by atoms with Crippen molar-refractivity contribution in [2.24, 2.45) is 5.92 Å². The van der Waals surface area contributed by atoms with Crippen molar-refractivity contribution >= 4 is 0 Å². The maximum atomic E-state index is 12.4. The Kier molecular flexibility index (Phi) is 6.43. The Hall–Kier alpha value is -1.12. The summed E-state index contributed by atoms with van der Waals surface area (Å²) in [6.07, 6.45) is 0.299. The maximum absolute atomic E-state index is 12.4. The summed E-state index contributed by atoms with van der Waals surface area (Å²) in [5.41, 5.74) is 0.